The van der Waals surface area contributed by atoms with E-state index in [0.717, 1.165) is 16.7 Å². The zero-order valence-electron chi connectivity index (χ0n) is 15.3. The predicted octanol–water partition coefficient (Wildman–Crippen LogP) is 1.60. The van der Waals surface area contributed by atoms with Crippen LogP contribution in [0.4, 0.5) is 0 Å². The lowest BCUT2D eigenvalue weighted by Crippen LogP contribution is -2.49. The third kappa shape index (κ3) is 6.10. The lowest BCUT2D eigenvalue weighted by molar-refractivity contribution is -0.159. The van der Waals surface area contributed by atoms with Crippen LogP contribution in [0.15, 0.2) is 12.1 Å². The first-order valence-electron chi connectivity index (χ1n) is 8.13. The Kier molecular flexibility index (Phi) is 7.91. The van der Waals surface area contributed by atoms with Crippen LogP contribution < -0.4 is 10.1 Å². The van der Waals surface area contributed by atoms with E-state index < -0.39 is 23.9 Å². The maximum atomic E-state index is 12.1. The van der Waals surface area contributed by atoms with Gasteiger partial charge in [-0.05, 0) is 45.7 Å². The van der Waals surface area contributed by atoms with E-state index in [1.807, 2.05) is 32.9 Å². The summed E-state index contributed by atoms with van der Waals surface area (Å²) in [5.74, 6) is -1.75. The fourth-order valence-electron chi connectivity index (χ4n) is 2.40. The Balaban J connectivity index is 2.75. The van der Waals surface area contributed by atoms with Crippen molar-refractivity contribution in [2.24, 2.45) is 0 Å². The second-order valence-electron chi connectivity index (χ2n) is 5.52. The first-order chi connectivity index (χ1) is 11.8. The largest absolute Gasteiger partial charge is 0.483 e. The van der Waals surface area contributed by atoms with E-state index in [9.17, 15) is 14.4 Å². The molecule has 0 fully saturated rings. The number of ether oxygens (including phenoxy) is 3. The van der Waals surface area contributed by atoms with Gasteiger partial charge in [0.2, 0.25) is 6.04 Å². The normalized spacial score (nSPS) is 10.3. The highest BCUT2D eigenvalue weighted by atomic mass is 16.6. The number of esters is 2. The van der Waals surface area contributed by atoms with Crippen molar-refractivity contribution in [3.05, 3.63) is 28.8 Å². The van der Waals surface area contributed by atoms with E-state index in [0.29, 0.717) is 5.75 Å². The van der Waals surface area contributed by atoms with Crippen LogP contribution in [-0.2, 0) is 23.9 Å². The molecule has 0 heterocycles. The van der Waals surface area contributed by atoms with Crippen molar-refractivity contribution in [1.82, 2.24) is 5.32 Å². The summed E-state index contributed by atoms with van der Waals surface area (Å²) in [6, 6.07) is 2.39. The molecular formula is C18H25NO6. The molecule has 7 heteroatoms. The monoisotopic (exact) mass is 351 g/mol. The average Bonchev–Trinajstić information content (AvgIpc) is 2.51. The molecule has 0 aromatic heterocycles. The minimum atomic E-state index is -1.50. The van der Waals surface area contributed by atoms with Crippen molar-refractivity contribution in [3.63, 3.8) is 0 Å². The van der Waals surface area contributed by atoms with E-state index in [-0.39, 0.29) is 19.8 Å². The highest BCUT2D eigenvalue weighted by molar-refractivity contribution is 6.02. The van der Waals surface area contributed by atoms with Gasteiger partial charge in [0.25, 0.3) is 5.91 Å². The number of carbonyl (C=O) groups excluding carboxylic acids is 3. The van der Waals surface area contributed by atoms with Crippen molar-refractivity contribution < 1.29 is 28.6 Å². The van der Waals surface area contributed by atoms with Gasteiger partial charge in [-0.2, -0.15) is 0 Å². The van der Waals surface area contributed by atoms with Gasteiger partial charge in [0, 0.05) is 0 Å². The molecule has 1 aromatic carbocycles. The summed E-state index contributed by atoms with van der Waals surface area (Å²) in [6.07, 6.45) is 0. The van der Waals surface area contributed by atoms with Gasteiger partial charge in [-0.15, -0.1) is 0 Å². The van der Waals surface area contributed by atoms with E-state index >= 15 is 0 Å². The number of hydrogen-bond acceptors (Lipinski definition) is 6. The van der Waals surface area contributed by atoms with Crippen LogP contribution in [0.3, 0.4) is 0 Å². The fourth-order valence-corrected chi connectivity index (χ4v) is 2.40. The second kappa shape index (κ2) is 9.66. The molecule has 0 radical (unpaired) electrons. The summed E-state index contributed by atoms with van der Waals surface area (Å²) in [4.78, 5) is 35.8. The molecule has 0 saturated carbocycles. The van der Waals surface area contributed by atoms with Crippen molar-refractivity contribution in [3.8, 4) is 5.75 Å². The molecule has 1 amide bonds. The number of rotatable bonds is 8. The maximum Gasteiger partial charge on any atom is 0.340 e. The Bertz CT molecular complexity index is 599. The minimum absolute atomic E-state index is 0.0862. The smallest absolute Gasteiger partial charge is 0.340 e. The second-order valence-corrected chi connectivity index (χ2v) is 5.52. The number of amides is 1. The van der Waals surface area contributed by atoms with Gasteiger partial charge < -0.3 is 19.5 Å². The van der Waals surface area contributed by atoms with Crippen LogP contribution in [0.5, 0.6) is 5.75 Å². The third-order valence-corrected chi connectivity index (χ3v) is 3.30. The first kappa shape index (κ1) is 20.5. The molecule has 0 aliphatic rings. The van der Waals surface area contributed by atoms with Crippen molar-refractivity contribution in [2.75, 3.05) is 19.8 Å². The molecule has 7 nitrogen and oxygen atoms in total. The molecule has 0 spiro atoms. The van der Waals surface area contributed by atoms with E-state index in [4.69, 9.17) is 14.2 Å². The van der Waals surface area contributed by atoms with Gasteiger partial charge in [0.15, 0.2) is 6.61 Å². The zero-order valence-corrected chi connectivity index (χ0v) is 15.3. The minimum Gasteiger partial charge on any atom is -0.483 e. The van der Waals surface area contributed by atoms with Crippen LogP contribution in [0, 0.1) is 20.8 Å². The van der Waals surface area contributed by atoms with Crippen LogP contribution in [0.2, 0.25) is 0 Å². The van der Waals surface area contributed by atoms with Gasteiger partial charge >= 0.3 is 11.9 Å². The van der Waals surface area contributed by atoms with Gasteiger partial charge in [-0.3, -0.25) is 4.79 Å². The summed E-state index contributed by atoms with van der Waals surface area (Å²) in [5, 5.41) is 2.29. The third-order valence-electron chi connectivity index (χ3n) is 3.30. The molecule has 138 valence electrons. The number of aryl methyl sites for hydroxylation is 3. The Morgan fingerprint density at radius 2 is 1.44 bits per heavy atom. The molecule has 0 atom stereocenters. The maximum absolute atomic E-state index is 12.1. The standard InChI is InChI=1S/C18H25NO6/c1-6-23-17(21)15(18(22)24-7-2)19-14(20)10-25-16-12(4)8-11(3)9-13(16)5/h8-9,15H,6-7,10H2,1-5H3,(H,19,20). The highest BCUT2D eigenvalue weighted by Gasteiger charge is 2.31. The van der Waals surface area contributed by atoms with Gasteiger partial charge in [0.05, 0.1) is 13.2 Å². The predicted molar refractivity (Wildman–Crippen MR) is 91.3 cm³/mol. The average molecular weight is 351 g/mol. The molecule has 25 heavy (non-hydrogen) atoms. The number of nitrogens with one attached hydrogen (secondary N) is 1. The van der Waals surface area contributed by atoms with Crippen LogP contribution in [0.1, 0.15) is 30.5 Å². The van der Waals surface area contributed by atoms with Crippen LogP contribution in [-0.4, -0.2) is 43.7 Å². The number of carbonyl (C=O) groups is 3. The molecular weight excluding hydrogens is 326 g/mol. The fraction of sp³-hybridized carbons (Fsp3) is 0.500. The Morgan fingerprint density at radius 1 is 0.960 bits per heavy atom. The molecule has 0 saturated heterocycles. The topological polar surface area (TPSA) is 90.9 Å². The van der Waals surface area contributed by atoms with Gasteiger partial charge in [0.1, 0.15) is 5.75 Å². The summed E-state index contributed by atoms with van der Waals surface area (Å²) in [5.41, 5.74) is 2.90. The quantitative estimate of drug-likeness (QED) is 0.565. The highest BCUT2D eigenvalue weighted by Crippen LogP contribution is 2.24. The van der Waals surface area contributed by atoms with Crippen LogP contribution >= 0.6 is 0 Å². The first-order valence-corrected chi connectivity index (χ1v) is 8.13. The van der Waals surface area contributed by atoms with Crippen molar-refractivity contribution in [1.29, 1.82) is 0 Å². The lowest BCUT2D eigenvalue weighted by Gasteiger charge is -2.17. The Hall–Kier alpha value is -2.57. The number of benzene rings is 1. The molecule has 1 rings (SSSR count). The zero-order chi connectivity index (χ0) is 19.0. The van der Waals surface area contributed by atoms with Crippen molar-refractivity contribution >= 4 is 17.8 Å². The Morgan fingerprint density at radius 3 is 1.88 bits per heavy atom. The van der Waals surface area contributed by atoms with Gasteiger partial charge in [-0.1, -0.05) is 17.7 Å². The molecule has 0 unspecified atom stereocenters. The molecule has 0 aliphatic carbocycles. The Labute approximate surface area is 147 Å². The molecule has 0 bridgehead atoms. The van der Waals surface area contributed by atoms with E-state index in [2.05, 4.69) is 5.32 Å². The lowest BCUT2D eigenvalue weighted by atomic mass is 10.1. The SMILES string of the molecule is CCOC(=O)C(NC(=O)COc1c(C)cc(C)cc1C)C(=O)OCC. The van der Waals surface area contributed by atoms with Gasteiger partial charge in [-0.25, -0.2) is 9.59 Å². The summed E-state index contributed by atoms with van der Waals surface area (Å²) < 4.78 is 15.1. The number of hydrogen-bond donors (Lipinski definition) is 1. The summed E-state index contributed by atoms with van der Waals surface area (Å²) in [7, 11) is 0. The molecule has 1 N–H and O–H groups in total. The van der Waals surface area contributed by atoms with E-state index in [1.54, 1.807) is 13.8 Å². The summed E-state index contributed by atoms with van der Waals surface area (Å²) in [6.45, 7) is 8.79. The molecule has 0 aliphatic heterocycles. The van der Waals surface area contributed by atoms with E-state index in [1.165, 1.54) is 0 Å². The van der Waals surface area contributed by atoms with Crippen molar-refractivity contribution in [2.45, 2.75) is 40.7 Å². The molecule has 1 aromatic rings. The van der Waals surface area contributed by atoms with Crippen LogP contribution in [0.25, 0.3) is 0 Å². The summed E-state index contributed by atoms with van der Waals surface area (Å²) >= 11 is 0.